The number of amides is 3. The molecule has 0 radical (unpaired) electrons. The maximum Gasteiger partial charge on any atom is 0.317 e. The van der Waals surface area contributed by atoms with Crippen LogP contribution in [0.4, 0.5) is 10.6 Å². The van der Waals surface area contributed by atoms with Gasteiger partial charge in [-0.25, -0.2) is 9.78 Å². The molecule has 1 aromatic rings. The van der Waals surface area contributed by atoms with Crippen molar-refractivity contribution in [1.82, 2.24) is 20.1 Å². The van der Waals surface area contributed by atoms with E-state index in [0.717, 1.165) is 50.4 Å². The highest BCUT2D eigenvalue weighted by Gasteiger charge is 2.29. The third-order valence-electron chi connectivity index (χ3n) is 6.39. The van der Waals surface area contributed by atoms with Crippen LogP contribution in [0.25, 0.3) is 0 Å². The van der Waals surface area contributed by atoms with Gasteiger partial charge in [-0.1, -0.05) is 12.8 Å². The molecule has 2 aliphatic heterocycles. The summed E-state index contributed by atoms with van der Waals surface area (Å²) in [5.74, 6) is 1.29. The number of hydrogen-bond acceptors (Lipinski definition) is 4. The van der Waals surface area contributed by atoms with E-state index in [-0.39, 0.29) is 17.9 Å². The van der Waals surface area contributed by atoms with E-state index in [4.69, 9.17) is 0 Å². The van der Waals surface area contributed by atoms with Crippen molar-refractivity contribution in [3.63, 3.8) is 0 Å². The van der Waals surface area contributed by atoms with Crippen molar-refractivity contribution < 1.29 is 9.59 Å². The van der Waals surface area contributed by atoms with Crippen LogP contribution >= 0.6 is 0 Å². The molecule has 2 aliphatic rings. The average Bonchev–Trinajstić information content (AvgIpc) is 3.08. The van der Waals surface area contributed by atoms with Gasteiger partial charge in [0.15, 0.2) is 0 Å². The van der Waals surface area contributed by atoms with Crippen LogP contribution < -0.4 is 10.2 Å². The van der Waals surface area contributed by atoms with Crippen LogP contribution in [-0.4, -0.2) is 66.0 Å². The predicted octanol–water partition coefficient (Wildman–Crippen LogP) is 3.25. The second-order valence-corrected chi connectivity index (χ2v) is 8.35. The number of hydrogen-bond donors (Lipinski definition) is 1. The Hall–Kier alpha value is -2.31. The number of carbonyl (C=O) groups is 2. The van der Waals surface area contributed by atoms with Crippen molar-refractivity contribution in [2.45, 2.75) is 58.9 Å². The first-order chi connectivity index (χ1) is 14.6. The molecule has 0 bridgehead atoms. The van der Waals surface area contributed by atoms with Crippen molar-refractivity contribution >= 4 is 17.8 Å². The molecule has 1 N–H and O–H groups in total. The largest absolute Gasteiger partial charge is 0.357 e. The fourth-order valence-corrected chi connectivity index (χ4v) is 4.46. The fraction of sp³-hybridized carbons (Fsp3) is 0.696. The van der Waals surface area contributed by atoms with Crippen LogP contribution in [0.1, 0.15) is 57.9 Å². The molecule has 0 unspecified atom stereocenters. The second-order valence-electron chi connectivity index (χ2n) is 8.35. The first-order valence-corrected chi connectivity index (χ1v) is 11.6. The fourth-order valence-electron chi connectivity index (χ4n) is 4.46. The van der Waals surface area contributed by atoms with E-state index in [1.807, 2.05) is 35.9 Å². The van der Waals surface area contributed by atoms with Crippen LogP contribution in [0, 0.1) is 5.92 Å². The minimum Gasteiger partial charge on any atom is -0.357 e. The summed E-state index contributed by atoms with van der Waals surface area (Å²) in [7, 11) is 0. The van der Waals surface area contributed by atoms with E-state index in [1.54, 1.807) is 0 Å². The van der Waals surface area contributed by atoms with E-state index in [9.17, 15) is 9.59 Å². The summed E-state index contributed by atoms with van der Waals surface area (Å²) < 4.78 is 0. The smallest absolute Gasteiger partial charge is 0.317 e. The molecule has 3 heterocycles. The van der Waals surface area contributed by atoms with Gasteiger partial charge in [-0.2, -0.15) is 0 Å². The Balaban J connectivity index is 1.47. The lowest BCUT2D eigenvalue weighted by atomic mass is 9.95. The second kappa shape index (κ2) is 11.2. The molecular weight excluding hydrogens is 378 g/mol. The highest BCUT2D eigenvalue weighted by molar-refractivity contribution is 5.79. The highest BCUT2D eigenvalue weighted by atomic mass is 16.2. The van der Waals surface area contributed by atoms with Gasteiger partial charge in [-0.3, -0.25) is 4.79 Å². The third kappa shape index (κ3) is 5.86. The SMILES string of the molecule is CCN(CC)C(=O)C1CCN(C(=O)NCc2ccnc(N3CCCCCC3)c2)CC1. The van der Waals surface area contributed by atoms with Gasteiger partial charge >= 0.3 is 6.03 Å². The highest BCUT2D eigenvalue weighted by Crippen LogP contribution is 2.21. The molecule has 3 amide bonds. The van der Waals surface area contributed by atoms with Crippen molar-refractivity contribution in [3.05, 3.63) is 23.9 Å². The Labute approximate surface area is 180 Å². The summed E-state index contributed by atoms with van der Waals surface area (Å²) in [5.41, 5.74) is 1.07. The molecule has 0 spiro atoms. The molecule has 3 rings (SSSR count). The van der Waals surface area contributed by atoms with E-state index >= 15 is 0 Å². The Morgan fingerprint density at radius 1 is 1.07 bits per heavy atom. The first kappa shape index (κ1) is 22.4. The van der Waals surface area contributed by atoms with E-state index < -0.39 is 0 Å². The number of aromatic nitrogens is 1. The zero-order chi connectivity index (χ0) is 21.3. The number of likely N-dealkylation sites (tertiary alicyclic amines) is 1. The summed E-state index contributed by atoms with van der Waals surface area (Å²) in [6, 6.07) is 4.02. The van der Waals surface area contributed by atoms with Crippen LogP contribution in [0.15, 0.2) is 18.3 Å². The summed E-state index contributed by atoms with van der Waals surface area (Å²) in [4.78, 5) is 35.8. The van der Waals surface area contributed by atoms with E-state index in [2.05, 4.69) is 21.3 Å². The lowest BCUT2D eigenvalue weighted by Crippen LogP contribution is -2.47. The number of urea groups is 1. The number of anilines is 1. The Morgan fingerprint density at radius 3 is 2.37 bits per heavy atom. The number of piperidine rings is 1. The number of nitrogens with zero attached hydrogens (tertiary/aromatic N) is 4. The van der Waals surface area contributed by atoms with Crippen LogP contribution in [0.5, 0.6) is 0 Å². The number of nitrogens with one attached hydrogen (secondary N) is 1. The first-order valence-electron chi connectivity index (χ1n) is 11.6. The van der Waals surface area contributed by atoms with Gasteiger partial charge in [-0.15, -0.1) is 0 Å². The molecule has 30 heavy (non-hydrogen) atoms. The van der Waals surface area contributed by atoms with Crippen LogP contribution in [0.2, 0.25) is 0 Å². The monoisotopic (exact) mass is 415 g/mol. The van der Waals surface area contributed by atoms with Gasteiger partial charge in [0.25, 0.3) is 0 Å². The zero-order valence-electron chi connectivity index (χ0n) is 18.6. The van der Waals surface area contributed by atoms with Gasteiger partial charge < -0.3 is 20.0 Å². The molecule has 2 saturated heterocycles. The normalized spacial score (nSPS) is 18.1. The Kier molecular flexibility index (Phi) is 8.34. The predicted molar refractivity (Wildman–Crippen MR) is 119 cm³/mol. The standard InChI is InChI=1S/C23H37N5O2/c1-3-26(4-2)22(29)20-10-15-28(16-11-20)23(30)25-18-19-9-12-24-21(17-19)27-13-7-5-6-8-14-27/h9,12,17,20H,3-8,10-11,13-16,18H2,1-2H3,(H,25,30). The molecule has 2 fully saturated rings. The number of carbonyl (C=O) groups excluding carboxylic acids is 2. The van der Waals surface area contributed by atoms with E-state index in [1.165, 1.54) is 25.7 Å². The van der Waals surface area contributed by atoms with Gasteiger partial charge in [-0.05, 0) is 57.2 Å². The van der Waals surface area contributed by atoms with Gasteiger partial charge in [0.1, 0.15) is 5.82 Å². The van der Waals surface area contributed by atoms with E-state index in [0.29, 0.717) is 19.6 Å². The topological polar surface area (TPSA) is 68.8 Å². The number of pyridine rings is 1. The summed E-state index contributed by atoms with van der Waals surface area (Å²) in [6.07, 6.45) is 8.36. The zero-order valence-corrected chi connectivity index (χ0v) is 18.6. The van der Waals surface area contributed by atoms with Crippen molar-refractivity contribution in [3.8, 4) is 0 Å². The molecule has 0 saturated carbocycles. The molecule has 0 atom stereocenters. The Morgan fingerprint density at radius 2 is 1.73 bits per heavy atom. The molecule has 1 aromatic heterocycles. The van der Waals surface area contributed by atoms with Gasteiger partial charge in [0.2, 0.25) is 5.91 Å². The van der Waals surface area contributed by atoms with Gasteiger partial charge in [0.05, 0.1) is 0 Å². The Bertz CT molecular complexity index is 691. The van der Waals surface area contributed by atoms with Crippen molar-refractivity contribution in [1.29, 1.82) is 0 Å². The summed E-state index contributed by atoms with van der Waals surface area (Å²) in [6.45, 7) is 9.43. The summed E-state index contributed by atoms with van der Waals surface area (Å²) in [5, 5.41) is 3.05. The number of rotatable bonds is 6. The van der Waals surface area contributed by atoms with Crippen LogP contribution in [-0.2, 0) is 11.3 Å². The quantitative estimate of drug-likeness (QED) is 0.774. The maximum absolute atomic E-state index is 12.6. The molecule has 0 aliphatic carbocycles. The summed E-state index contributed by atoms with van der Waals surface area (Å²) >= 11 is 0. The van der Waals surface area contributed by atoms with Crippen molar-refractivity contribution in [2.24, 2.45) is 5.92 Å². The van der Waals surface area contributed by atoms with Gasteiger partial charge in [0, 0.05) is 57.9 Å². The molecule has 0 aromatic carbocycles. The maximum atomic E-state index is 12.6. The molecule has 7 nitrogen and oxygen atoms in total. The van der Waals surface area contributed by atoms with Crippen molar-refractivity contribution in [2.75, 3.05) is 44.2 Å². The minimum atomic E-state index is -0.0446. The molecular formula is C23H37N5O2. The van der Waals surface area contributed by atoms with Crippen LogP contribution in [0.3, 0.4) is 0 Å². The molecule has 7 heteroatoms. The lowest BCUT2D eigenvalue weighted by molar-refractivity contribution is -0.136. The lowest BCUT2D eigenvalue weighted by Gasteiger charge is -2.33. The molecule has 166 valence electrons. The average molecular weight is 416 g/mol. The minimum absolute atomic E-state index is 0.0446. The third-order valence-corrected chi connectivity index (χ3v) is 6.39.